The molecule has 1 N–H and O–H groups in total. The first-order chi connectivity index (χ1) is 9.24. The second-order valence-corrected chi connectivity index (χ2v) is 5.30. The average Bonchev–Trinajstić information content (AvgIpc) is 2.48. The lowest BCUT2D eigenvalue weighted by atomic mass is 9.98. The number of nitriles is 1. The van der Waals surface area contributed by atoms with Gasteiger partial charge in [0, 0.05) is 12.6 Å². The van der Waals surface area contributed by atoms with Crippen LogP contribution in [0.3, 0.4) is 0 Å². The molecular formula is C16H22N2O. The number of nitrogens with zero attached hydrogens (tertiary/aromatic N) is 2. The quantitative estimate of drug-likeness (QED) is 0.903. The minimum Gasteiger partial charge on any atom is -0.387 e. The number of benzene rings is 1. The molecule has 1 aliphatic rings. The number of likely N-dealkylation sites (tertiary alicyclic amines) is 1. The van der Waals surface area contributed by atoms with Gasteiger partial charge in [0.25, 0.3) is 0 Å². The topological polar surface area (TPSA) is 47.3 Å². The Morgan fingerprint density at radius 3 is 2.74 bits per heavy atom. The summed E-state index contributed by atoms with van der Waals surface area (Å²) in [7, 11) is 0. The summed E-state index contributed by atoms with van der Waals surface area (Å²) in [4.78, 5) is 2.41. The maximum Gasteiger partial charge on any atom is 0.0991 e. The van der Waals surface area contributed by atoms with Gasteiger partial charge in [-0.25, -0.2) is 0 Å². The number of aliphatic hydroxyl groups is 1. The molecule has 2 rings (SSSR count). The summed E-state index contributed by atoms with van der Waals surface area (Å²) in [6.07, 6.45) is 4.48. The summed E-state index contributed by atoms with van der Waals surface area (Å²) < 4.78 is 0. The molecule has 0 saturated carbocycles. The van der Waals surface area contributed by atoms with Crippen molar-refractivity contribution in [3.8, 4) is 6.07 Å². The number of hydrogen-bond donors (Lipinski definition) is 1. The summed E-state index contributed by atoms with van der Waals surface area (Å²) in [5.41, 5.74) is 1.54. The smallest absolute Gasteiger partial charge is 0.0991 e. The lowest BCUT2D eigenvalue weighted by Crippen LogP contribution is -2.41. The van der Waals surface area contributed by atoms with Crippen molar-refractivity contribution in [2.75, 3.05) is 13.1 Å². The van der Waals surface area contributed by atoms with Crippen LogP contribution in [0.15, 0.2) is 24.3 Å². The number of piperidine rings is 1. The lowest BCUT2D eigenvalue weighted by molar-refractivity contribution is 0.0656. The zero-order chi connectivity index (χ0) is 13.7. The number of hydrogen-bond acceptors (Lipinski definition) is 3. The predicted octanol–water partition coefficient (Wildman–Crippen LogP) is 2.86. The number of β-amino-alcohol motifs (C(OH)–C–C–N with tert-alkyl or cyclic N) is 1. The molecule has 1 fully saturated rings. The van der Waals surface area contributed by atoms with Crippen LogP contribution in [-0.2, 0) is 0 Å². The van der Waals surface area contributed by atoms with Crippen molar-refractivity contribution in [1.82, 2.24) is 4.90 Å². The maximum absolute atomic E-state index is 10.3. The van der Waals surface area contributed by atoms with Gasteiger partial charge in [0.2, 0.25) is 0 Å². The molecule has 3 heteroatoms. The van der Waals surface area contributed by atoms with E-state index in [0.717, 1.165) is 18.5 Å². The van der Waals surface area contributed by atoms with Crippen molar-refractivity contribution in [3.05, 3.63) is 35.4 Å². The zero-order valence-electron chi connectivity index (χ0n) is 11.5. The third-order valence-corrected chi connectivity index (χ3v) is 4.05. The molecule has 0 amide bonds. The van der Waals surface area contributed by atoms with Gasteiger partial charge in [-0.05, 0) is 43.5 Å². The number of rotatable bonds is 4. The Balaban J connectivity index is 1.99. The monoisotopic (exact) mass is 258 g/mol. The summed E-state index contributed by atoms with van der Waals surface area (Å²) in [5.74, 6) is 0. The highest BCUT2D eigenvalue weighted by Crippen LogP contribution is 2.23. The molecular weight excluding hydrogens is 236 g/mol. The van der Waals surface area contributed by atoms with Crippen LogP contribution in [0.1, 0.15) is 49.8 Å². The molecule has 3 nitrogen and oxygen atoms in total. The molecule has 1 saturated heterocycles. The van der Waals surface area contributed by atoms with E-state index >= 15 is 0 Å². The first-order valence-corrected chi connectivity index (χ1v) is 7.16. The summed E-state index contributed by atoms with van der Waals surface area (Å²) in [6, 6.07) is 9.96. The summed E-state index contributed by atoms with van der Waals surface area (Å²) >= 11 is 0. The van der Waals surface area contributed by atoms with Gasteiger partial charge >= 0.3 is 0 Å². The van der Waals surface area contributed by atoms with Gasteiger partial charge in [0.05, 0.1) is 17.7 Å². The fourth-order valence-electron chi connectivity index (χ4n) is 2.87. The Hall–Kier alpha value is -1.37. The molecule has 102 valence electrons. The molecule has 0 aliphatic carbocycles. The molecule has 1 aromatic rings. The van der Waals surface area contributed by atoms with Gasteiger partial charge in [-0.3, -0.25) is 4.90 Å². The predicted molar refractivity (Wildman–Crippen MR) is 75.6 cm³/mol. The van der Waals surface area contributed by atoms with Crippen LogP contribution in [0.4, 0.5) is 0 Å². The van der Waals surface area contributed by atoms with Crippen LogP contribution in [-0.4, -0.2) is 29.1 Å². The summed E-state index contributed by atoms with van der Waals surface area (Å²) in [5, 5.41) is 19.1. The van der Waals surface area contributed by atoms with Crippen LogP contribution in [0.2, 0.25) is 0 Å². The van der Waals surface area contributed by atoms with Crippen molar-refractivity contribution >= 4 is 0 Å². The van der Waals surface area contributed by atoms with Crippen molar-refractivity contribution in [1.29, 1.82) is 5.26 Å². The van der Waals surface area contributed by atoms with E-state index in [2.05, 4.69) is 17.9 Å². The molecule has 0 radical (unpaired) electrons. The molecule has 0 spiro atoms. The van der Waals surface area contributed by atoms with Crippen molar-refractivity contribution < 1.29 is 5.11 Å². The van der Waals surface area contributed by atoms with E-state index in [4.69, 9.17) is 5.26 Å². The highest BCUT2D eigenvalue weighted by Gasteiger charge is 2.23. The van der Waals surface area contributed by atoms with E-state index in [9.17, 15) is 5.11 Å². The largest absolute Gasteiger partial charge is 0.387 e. The Kier molecular flexibility index (Phi) is 4.95. The molecule has 2 atom stereocenters. The minimum atomic E-state index is -0.458. The lowest BCUT2D eigenvalue weighted by Gasteiger charge is -2.36. The third kappa shape index (κ3) is 3.56. The minimum absolute atomic E-state index is 0.458. The van der Waals surface area contributed by atoms with E-state index in [1.54, 1.807) is 12.1 Å². The van der Waals surface area contributed by atoms with Crippen LogP contribution in [0.25, 0.3) is 0 Å². The van der Waals surface area contributed by atoms with E-state index in [1.807, 2.05) is 12.1 Å². The molecule has 0 aromatic heterocycles. The van der Waals surface area contributed by atoms with Gasteiger partial charge in [0.1, 0.15) is 0 Å². The van der Waals surface area contributed by atoms with Crippen molar-refractivity contribution in [3.63, 3.8) is 0 Å². The standard InChI is InChI=1S/C16H22N2O/c1-2-15-5-3-4-10-18(15)12-16(19)14-8-6-13(11-17)7-9-14/h6-9,15-16,19H,2-5,10,12H2,1H3. The second kappa shape index (κ2) is 6.70. The Morgan fingerprint density at radius 1 is 1.37 bits per heavy atom. The van der Waals surface area contributed by atoms with Gasteiger partial charge in [-0.15, -0.1) is 0 Å². The molecule has 1 aliphatic heterocycles. The summed E-state index contributed by atoms with van der Waals surface area (Å²) in [6.45, 7) is 4.01. The van der Waals surface area contributed by atoms with Gasteiger partial charge in [-0.1, -0.05) is 25.5 Å². The van der Waals surface area contributed by atoms with Gasteiger partial charge < -0.3 is 5.11 Å². The Morgan fingerprint density at radius 2 is 2.11 bits per heavy atom. The zero-order valence-corrected chi connectivity index (χ0v) is 11.5. The number of aliphatic hydroxyl groups excluding tert-OH is 1. The van der Waals surface area contributed by atoms with Crippen LogP contribution in [0, 0.1) is 11.3 Å². The van der Waals surface area contributed by atoms with Crippen LogP contribution < -0.4 is 0 Å². The SMILES string of the molecule is CCC1CCCCN1CC(O)c1ccc(C#N)cc1. The molecule has 1 aromatic carbocycles. The molecule has 2 unspecified atom stereocenters. The van der Waals surface area contributed by atoms with Gasteiger partial charge in [-0.2, -0.15) is 5.26 Å². The third-order valence-electron chi connectivity index (χ3n) is 4.05. The average molecular weight is 258 g/mol. The highest BCUT2D eigenvalue weighted by atomic mass is 16.3. The second-order valence-electron chi connectivity index (χ2n) is 5.30. The van der Waals surface area contributed by atoms with Crippen LogP contribution in [0.5, 0.6) is 0 Å². The molecule has 0 bridgehead atoms. The Bertz CT molecular complexity index is 435. The van der Waals surface area contributed by atoms with Crippen LogP contribution >= 0.6 is 0 Å². The first kappa shape index (κ1) is 14.0. The van der Waals surface area contributed by atoms with Crippen molar-refractivity contribution in [2.45, 2.75) is 44.8 Å². The Labute approximate surface area is 115 Å². The van der Waals surface area contributed by atoms with E-state index in [0.29, 0.717) is 18.2 Å². The normalized spacial score (nSPS) is 21.8. The first-order valence-electron chi connectivity index (χ1n) is 7.16. The van der Waals surface area contributed by atoms with Gasteiger partial charge in [0.15, 0.2) is 0 Å². The highest BCUT2D eigenvalue weighted by molar-refractivity contribution is 5.32. The molecule has 1 heterocycles. The molecule has 19 heavy (non-hydrogen) atoms. The van der Waals surface area contributed by atoms with E-state index in [-0.39, 0.29) is 0 Å². The van der Waals surface area contributed by atoms with E-state index in [1.165, 1.54) is 19.3 Å². The van der Waals surface area contributed by atoms with Crippen molar-refractivity contribution in [2.24, 2.45) is 0 Å². The van der Waals surface area contributed by atoms with E-state index < -0.39 is 6.10 Å². The maximum atomic E-state index is 10.3. The fraction of sp³-hybridized carbons (Fsp3) is 0.562. The fourth-order valence-corrected chi connectivity index (χ4v) is 2.87.